The predicted octanol–water partition coefficient (Wildman–Crippen LogP) is 5.40. The van der Waals surface area contributed by atoms with Gasteiger partial charge < -0.3 is 34.5 Å². The molecule has 0 bridgehead atoms. The fourth-order valence-corrected chi connectivity index (χ4v) is 8.96. The molecule has 4 aliphatic heterocycles. The number of rotatable bonds is 10. The van der Waals surface area contributed by atoms with Crippen molar-refractivity contribution >= 4 is 11.9 Å². The van der Waals surface area contributed by atoms with Crippen molar-refractivity contribution in [1.82, 2.24) is 25.1 Å². The van der Waals surface area contributed by atoms with E-state index in [9.17, 15) is 9.59 Å². The van der Waals surface area contributed by atoms with Gasteiger partial charge in [-0.1, -0.05) is 63.4 Å². The predicted molar refractivity (Wildman–Crippen MR) is 216 cm³/mol. The highest BCUT2D eigenvalue weighted by Gasteiger charge is 2.60. The maximum Gasteiger partial charge on any atom is 0.307 e. The number of aliphatic carboxylic acids is 1. The average molecular weight is 794 g/mol. The van der Waals surface area contributed by atoms with Gasteiger partial charge in [0.05, 0.1) is 12.5 Å². The molecule has 58 heavy (non-hydrogen) atoms. The molecular weight excluding hydrogens is 739 g/mol. The zero-order chi connectivity index (χ0) is 38.3. The summed E-state index contributed by atoms with van der Waals surface area (Å²) in [5.74, 6) is 3.56. The number of hydrogen-bond donors (Lipinski definition) is 3. The summed E-state index contributed by atoms with van der Waals surface area (Å²) in [6, 6.07) is 24.1. The fraction of sp³-hybridized carbons (Fsp3) is 0.467. The van der Waals surface area contributed by atoms with E-state index in [1.807, 2.05) is 31.2 Å². The SMILES string of the molecule is C.C.C[C@@H](CO)NC(=O)C1[C@H]2CN(Cc3ccc([C@H]4COc5cccnc5O4)cc3)C[C@@H]12.O=C(O)C1[C@H]2CN(Cc3ccc([C@H]4COc5cccnc5O4)cc3)C[C@@H]12. The molecule has 1 amide bonds. The lowest BCUT2D eigenvalue weighted by atomic mass is 10.1. The number of carboxylic acid groups (broad SMARTS) is 1. The molecule has 6 heterocycles. The summed E-state index contributed by atoms with van der Waals surface area (Å²) in [5, 5.41) is 21.1. The minimum absolute atomic E-state index is 0. The van der Waals surface area contributed by atoms with Crippen LogP contribution in [0.25, 0.3) is 0 Å². The van der Waals surface area contributed by atoms with Gasteiger partial charge in [-0.2, -0.15) is 0 Å². The van der Waals surface area contributed by atoms with E-state index >= 15 is 0 Å². The third-order valence-corrected chi connectivity index (χ3v) is 12.1. The van der Waals surface area contributed by atoms with Crippen molar-refractivity contribution in [2.45, 2.75) is 53.1 Å². The van der Waals surface area contributed by atoms with Gasteiger partial charge in [-0.15, -0.1) is 0 Å². The molecule has 13 nitrogen and oxygen atoms in total. The Balaban J connectivity index is 0.000000172. The largest absolute Gasteiger partial charge is 0.484 e. The van der Waals surface area contributed by atoms with Crippen molar-refractivity contribution in [2.24, 2.45) is 35.5 Å². The van der Waals surface area contributed by atoms with Gasteiger partial charge in [0.1, 0.15) is 13.2 Å². The van der Waals surface area contributed by atoms with Crippen LogP contribution in [-0.2, 0) is 22.7 Å². The molecule has 13 heteroatoms. The zero-order valence-electron chi connectivity index (χ0n) is 31.3. The first-order chi connectivity index (χ1) is 27.3. The van der Waals surface area contributed by atoms with Gasteiger partial charge in [0, 0.05) is 63.6 Å². The Labute approximate surface area is 340 Å². The number of carbonyl (C=O) groups is 2. The highest BCUT2D eigenvalue weighted by Crippen LogP contribution is 2.53. The Hall–Kier alpha value is -5.24. The van der Waals surface area contributed by atoms with Crippen molar-refractivity contribution in [3.63, 3.8) is 0 Å². The third kappa shape index (κ3) is 8.62. The number of hydrogen-bond acceptors (Lipinski definition) is 11. The van der Waals surface area contributed by atoms with Gasteiger partial charge in [0.25, 0.3) is 11.8 Å². The molecular formula is C45H55N5O8. The minimum atomic E-state index is -0.630. The van der Waals surface area contributed by atoms with Gasteiger partial charge in [0.2, 0.25) is 5.91 Å². The summed E-state index contributed by atoms with van der Waals surface area (Å²) in [7, 11) is 0. The highest BCUT2D eigenvalue weighted by atomic mass is 16.6. The fourth-order valence-electron chi connectivity index (χ4n) is 8.96. The van der Waals surface area contributed by atoms with Crippen LogP contribution in [0.2, 0.25) is 0 Å². The summed E-state index contributed by atoms with van der Waals surface area (Å²) in [4.78, 5) is 36.5. The first-order valence-corrected chi connectivity index (χ1v) is 19.6. The second-order valence-corrected chi connectivity index (χ2v) is 16.0. The van der Waals surface area contributed by atoms with Crippen LogP contribution in [0.3, 0.4) is 0 Å². The lowest BCUT2D eigenvalue weighted by molar-refractivity contribution is -0.139. The average Bonchev–Trinajstić information content (AvgIpc) is 3.97. The van der Waals surface area contributed by atoms with Crippen LogP contribution in [-0.4, -0.2) is 93.9 Å². The summed E-state index contributed by atoms with van der Waals surface area (Å²) in [6.07, 6.45) is 3.10. The van der Waals surface area contributed by atoms with Crippen LogP contribution in [0.5, 0.6) is 23.3 Å². The van der Waals surface area contributed by atoms with Crippen molar-refractivity contribution in [1.29, 1.82) is 0 Å². The Morgan fingerprint density at radius 3 is 1.55 bits per heavy atom. The number of nitrogens with zero attached hydrogens (tertiary/aromatic N) is 4. The molecule has 2 aliphatic carbocycles. The zero-order valence-corrected chi connectivity index (χ0v) is 31.3. The van der Waals surface area contributed by atoms with Crippen LogP contribution in [0.4, 0.5) is 0 Å². The molecule has 2 unspecified atom stereocenters. The Morgan fingerprint density at radius 1 is 0.707 bits per heavy atom. The van der Waals surface area contributed by atoms with E-state index < -0.39 is 5.97 Å². The van der Waals surface area contributed by atoms with Gasteiger partial charge in [0.15, 0.2) is 23.7 Å². The molecule has 2 aromatic heterocycles. The first-order valence-electron chi connectivity index (χ1n) is 19.6. The Bertz CT molecular complexity index is 2030. The Kier molecular flexibility index (Phi) is 12.2. The van der Waals surface area contributed by atoms with E-state index in [0.29, 0.717) is 60.1 Å². The molecule has 9 atom stereocenters. The lowest BCUT2D eigenvalue weighted by Crippen LogP contribution is -2.38. The molecule has 4 aromatic rings. The van der Waals surface area contributed by atoms with Gasteiger partial charge in [-0.25, -0.2) is 9.97 Å². The number of aliphatic hydroxyl groups is 1. The van der Waals surface area contributed by atoms with Crippen molar-refractivity contribution in [2.75, 3.05) is 46.0 Å². The van der Waals surface area contributed by atoms with Crippen molar-refractivity contribution in [3.8, 4) is 23.3 Å². The van der Waals surface area contributed by atoms with Crippen LogP contribution in [0, 0.1) is 35.5 Å². The molecule has 4 fully saturated rings. The van der Waals surface area contributed by atoms with Crippen LogP contribution in [0.1, 0.15) is 56.2 Å². The smallest absolute Gasteiger partial charge is 0.307 e. The second kappa shape index (κ2) is 17.3. The van der Waals surface area contributed by atoms with E-state index in [1.54, 1.807) is 12.4 Å². The summed E-state index contributed by atoms with van der Waals surface area (Å²) in [5.41, 5.74) is 4.64. The third-order valence-electron chi connectivity index (χ3n) is 12.1. The van der Waals surface area contributed by atoms with E-state index in [2.05, 4.69) is 73.6 Å². The van der Waals surface area contributed by atoms with E-state index in [-0.39, 0.29) is 57.5 Å². The number of carboxylic acids is 1. The van der Waals surface area contributed by atoms with Gasteiger partial charge in [-0.05, 0) is 77.1 Å². The lowest BCUT2D eigenvalue weighted by Gasteiger charge is -2.26. The first kappa shape index (κ1) is 40.9. The van der Waals surface area contributed by atoms with E-state index in [4.69, 9.17) is 29.2 Å². The molecule has 2 saturated carbocycles. The molecule has 2 aromatic carbocycles. The number of piperidine rings is 2. The number of aromatic nitrogens is 2. The van der Waals surface area contributed by atoms with Crippen LogP contribution >= 0.6 is 0 Å². The second-order valence-electron chi connectivity index (χ2n) is 16.0. The topological polar surface area (TPSA) is 156 Å². The number of benzene rings is 2. The molecule has 0 spiro atoms. The van der Waals surface area contributed by atoms with Crippen LogP contribution < -0.4 is 24.3 Å². The number of pyridine rings is 2. The van der Waals surface area contributed by atoms with E-state index in [1.165, 1.54) is 11.1 Å². The highest BCUT2D eigenvalue weighted by molar-refractivity contribution is 5.82. The van der Waals surface area contributed by atoms with Gasteiger partial charge >= 0.3 is 5.97 Å². The van der Waals surface area contributed by atoms with Crippen LogP contribution in [0.15, 0.2) is 85.2 Å². The molecule has 2 saturated heterocycles. The number of fused-ring (bicyclic) bond motifs is 4. The molecule has 3 N–H and O–H groups in total. The summed E-state index contributed by atoms with van der Waals surface area (Å²) < 4.78 is 23.4. The number of likely N-dealkylation sites (tertiary alicyclic amines) is 2. The normalized spacial score (nSPS) is 27.6. The minimum Gasteiger partial charge on any atom is -0.484 e. The molecule has 308 valence electrons. The molecule has 0 radical (unpaired) electrons. The maximum absolute atomic E-state index is 12.3. The van der Waals surface area contributed by atoms with Crippen molar-refractivity contribution < 1.29 is 38.7 Å². The number of ether oxygens (including phenoxy) is 4. The Morgan fingerprint density at radius 2 is 1.14 bits per heavy atom. The van der Waals surface area contributed by atoms with Crippen molar-refractivity contribution in [3.05, 3.63) is 107 Å². The quantitative estimate of drug-likeness (QED) is 0.188. The maximum atomic E-state index is 12.3. The number of amides is 1. The summed E-state index contributed by atoms with van der Waals surface area (Å²) in [6.45, 7) is 8.22. The molecule has 6 aliphatic rings. The van der Waals surface area contributed by atoms with E-state index in [0.717, 1.165) is 50.4 Å². The monoisotopic (exact) mass is 793 g/mol. The number of carbonyl (C=O) groups excluding carboxylic acids is 1. The number of nitrogens with one attached hydrogen (secondary N) is 1. The van der Waals surface area contributed by atoms with Gasteiger partial charge in [-0.3, -0.25) is 19.4 Å². The molecule has 10 rings (SSSR count). The summed E-state index contributed by atoms with van der Waals surface area (Å²) >= 11 is 0. The standard InChI is InChI=1S/C23H27N3O4.C20H20N2O4.2CH4/c1-14(12-27)25-22(28)21-17-10-26(11-18(17)21)9-15-4-6-16(7-5-15)20-13-29-19-3-2-8-24-23(19)30-20;23-20(24)18-14-9-22(10-15(14)18)8-12-3-5-13(6-4-12)17-11-25-16-2-1-7-21-19(16)26-17;;/h2-8,14,17-18,20-21,27H,9-13H2,1H3,(H,25,28);1-7,14-15,17-18H,8-11H2,(H,23,24);2*1H4/t14-,17-,18+,20+,21?;14-,15+,17-,18?;;/m01../s1. The number of aliphatic hydroxyl groups excluding tert-OH is 1.